The molecule has 0 spiro atoms. The van der Waals surface area contributed by atoms with Crippen molar-refractivity contribution in [3.8, 4) is 0 Å². The van der Waals surface area contributed by atoms with Gasteiger partial charge in [-0.3, -0.25) is 14.9 Å². The number of nitro benzene ring substituents is 1. The van der Waals surface area contributed by atoms with Gasteiger partial charge in [0.15, 0.2) is 12.1 Å². The lowest BCUT2D eigenvalue weighted by molar-refractivity contribution is -0.385. The molecule has 27 heavy (non-hydrogen) atoms. The smallest absolute Gasteiger partial charge is 0.280 e. The second kappa shape index (κ2) is 9.31. The predicted octanol–water partition coefficient (Wildman–Crippen LogP) is 0.243. The Labute approximate surface area is 154 Å². The monoisotopic (exact) mass is 377 g/mol. The third-order valence-corrected chi connectivity index (χ3v) is 3.86. The quantitative estimate of drug-likeness (QED) is 0.337. The van der Waals surface area contributed by atoms with Crippen LogP contribution in [0, 0.1) is 10.1 Å². The zero-order chi connectivity index (χ0) is 20.0. The Morgan fingerprint density at radius 2 is 1.56 bits per heavy atom. The van der Waals surface area contributed by atoms with Gasteiger partial charge in [0.2, 0.25) is 0 Å². The topological polar surface area (TPSA) is 150 Å². The second-order valence-corrected chi connectivity index (χ2v) is 5.74. The summed E-state index contributed by atoms with van der Waals surface area (Å²) >= 11 is 0. The first-order valence-electron chi connectivity index (χ1n) is 8.00. The Kier molecular flexibility index (Phi) is 7.11. The molecule has 2 aromatic carbocycles. The van der Waals surface area contributed by atoms with Gasteiger partial charge >= 0.3 is 0 Å². The normalized spacial score (nSPS) is 24.4. The van der Waals surface area contributed by atoms with E-state index in [-0.39, 0.29) is 23.6 Å². The number of rotatable bonds is 3. The molecule has 4 N–H and O–H groups in total. The zero-order valence-electron chi connectivity index (χ0n) is 14.1. The summed E-state index contributed by atoms with van der Waals surface area (Å²) in [7, 11) is 0. The third kappa shape index (κ3) is 5.16. The number of para-hydroxylation sites is 1. The van der Waals surface area contributed by atoms with E-state index in [0.29, 0.717) is 5.56 Å². The molecule has 0 radical (unpaired) electrons. The van der Waals surface area contributed by atoms with Crippen molar-refractivity contribution in [2.75, 3.05) is 6.61 Å². The molecule has 0 amide bonds. The Morgan fingerprint density at radius 3 is 2.15 bits per heavy atom. The van der Waals surface area contributed by atoms with Crippen molar-refractivity contribution >= 4 is 11.5 Å². The van der Waals surface area contributed by atoms with Crippen LogP contribution in [-0.2, 0) is 4.74 Å². The van der Waals surface area contributed by atoms with Crippen molar-refractivity contribution in [3.05, 3.63) is 75.8 Å². The lowest BCUT2D eigenvalue weighted by Crippen LogP contribution is -2.52. The van der Waals surface area contributed by atoms with Gasteiger partial charge in [0.1, 0.15) is 23.9 Å². The van der Waals surface area contributed by atoms with Gasteiger partial charge in [0.05, 0.1) is 11.5 Å². The Bertz CT molecular complexity index is 768. The van der Waals surface area contributed by atoms with Crippen molar-refractivity contribution < 1.29 is 34.9 Å². The molecule has 4 atom stereocenters. The summed E-state index contributed by atoms with van der Waals surface area (Å²) in [6, 6.07) is 14.5. The Balaban J connectivity index is 0.000000223. The van der Waals surface area contributed by atoms with Crippen LogP contribution in [0.2, 0.25) is 0 Å². The summed E-state index contributed by atoms with van der Waals surface area (Å²) in [5, 5.41) is 46.1. The van der Waals surface area contributed by atoms with E-state index in [0.717, 1.165) is 0 Å². The summed E-state index contributed by atoms with van der Waals surface area (Å²) < 4.78 is 4.47. The number of nitro groups is 1. The zero-order valence-corrected chi connectivity index (χ0v) is 14.1. The molecular weight excluding hydrogens is 358 g/mol. The molecular formula is C18H19NO8. The SMILES string of the molecule is O=C(c1ccccc1)c1ccccc1[N+](=O)[O-].OC1OC[C@@H](O)[C@H](O)[C@H]1O. The van der Waals surface area contributed by atoms with E-state index in [1.165, 1.54) is 12.1 Å². The van der Waals surface area contributed by atoms with E-state index >= 15 is 0 Å². The largest absolute Gasteiger partial charge is 0.388 e. The fraction of sp³-hybridized carbons (Fsp3) is 0.278. The minimum atomic E-state index is -1.41. The van der Waals surface area contributed by atoms with Gasteiger partial charge < -0.3 is 25.2 Å². The molecule has 2 aromatic rings. The molecule has 0 aromatic heterocycles. The van der Waals surface area contributed by atoms with Gasteiger partial charge in [0, 0.05) is 11.6 Å². The molecule has 3 rings (SSSR count). The number of aliphatic hydroxyl groups is 4. The van der Waals surface area contributed by atoms with Crippen molar-refractivity contribution in [3.63, 3.8) is 0 Å². The Hall–Kier alpha value is -2.69. The average molecular weight is 377 g/mol. The van der Waals surface area contributed by atoms with E-state index in [9.17, 15) is 14.9 Å². The number of ketones is 1. The summed E-state index contributed by atoms with van der Waals surface area (Å²) in [6.45, 7) is -0.153. The van der Waals surface area contributed by atoms with Crippen LogP contribution < -0.4 is 0 Å². The highest BCUT2D eigenvalue weighted by molar-refractivity contribution is 6.11. The Morgan fingerprint density at radius 1 is 0.963 bits per heavy atom. The molecule has 0 saturated carbocycles. The number of benzene rings is 2. The number of hydrogen-bond donors (Lipinski definition) is 4. The highest BCUT2D eigenvalue weighted by Crippen LogP contribution is 2.21. The lowest BCUT2D eigenvalue weighted by Gasteiger charge is -2.31. The van der Waals surface area contributed by atoms with Crippen LogP contribution in [0.15, 0.2) is 54.6 Å². The maximum atomic E-state index is 12.1. The van der Waals surface area contributed by atoms with Gasteiger partial charge in [-0.2, -0.15) is 0 Å². The van der Waals surface area contributed by atoms with Gasteiger partial charge in [-0.15, -0.1) is 0 Å². The molecule has 1 heterocycles. The van der Waals surface area contributed by atoms with Crippen molar-refractivity contribution in [2.45, 2.75) is 24.6 Å². The predicted molar refractivity (Wildman–Crippen MR) is 93.0 cm³/mol. The molecule has 1 fully saturated rings. The van der Waals surface area contributed by atoms with Crippen LogP contribution in [0.3, 0.4) is 0 Å². The number of aliphatic hydroxyl groups excluding tert-OH is 4. The van der Waals surface area contributed by atoms with Crippen molar-refractivity contribution in [1.29, 1.82) is 0 Å². The fourth-order valence-electron chi connectivity index (χ4n) is 2.36. The highest BCUT2D eigenvalue weighted by atomic mass is 16.6. The van der Waals surface area contributed by atoms with E-state index in [1.54, 1.807) is 42.5 Å². The van der Waals surface area contributed by atoms with Crippen molar-refractivity contribution in [1.82, 2.24) is 0 Å². The fourth-order valence-corrected chi connectivity index (χ4v) is 2.36. The second-order valence-electron chi connectivity index (χ2n) is 5.74. The van der Waals surface area contributed by atoms with Crippen LogP contribution >= 0.6 is 0 Å². The first-order valence-corrected chi connectivity index (χ1v) is 8.00. The first-order chi connectivity index (χ1) is 12.8. The molecule has 1 unspecified atom stereocenters. The lowest BCUT2D eigenvalue weighted by atomic mass is 10.0. The van der Waals surface area contributed by atoms with E-state index in [4.69, 9.17) is 20.4 Å². The molecule has 1 aliphatic heterocycles. The molecule has 1 saturated heterocycles. The molecule has 0 bridgehead atoms. The molecule has 9 nitrogen and oxygen atoms in total. The number of carbonyl (C=O) groups excluding carboxylic acids is 1. The van der Waals surface area contributed by atoms with E-state index < -0.39 is 29.5 Å². The number of ether oxygens (including phenoxy) is 1. The van der Waals surface area contributed by atoms with Gasteiger partial charge in [0.25, 0.3) is 5.69 Å². The molecule has 9 heteroatoms. The molecule has 144 valence electrons. The van der Waals surface area contributed by atoms with Gasteiger partial charge in [-0.05, 0) is 6.07 Å². The summed E-state index contributed by atoms with van der Waals surface area (Å²) in [6.07, 6.45) is -5.23. The number of hydrogen-bond acceptors (Lipinski definition) is 8. The van der Waals surface area contributed by atoms with Crippen LogP contribution in [0.25, 0.3) is 0 Å². The minimum Gasteiger partial charge on any atom is -0.388 e. The molecule has 1 aliphatic rings. The number of nitrogens with zero attached hydrogens (tertiary/aromatic N) is 1. The van der Waals surface area contributed by atoms with Crippen LogP contribution in [0.4, 0.5) is 5.69 Å². The standard InChI is InChI=1S/C13H9NO3.C5H10O5/c15-13(10-6-2-1-3-7-10)11-8-4-5-9-12(11)14(16)17;6-2-1-10-5(9)4(8)3(2)7/h1-9H;2-9H,1H2/t;2-,3+,4-,5?/m.1/s1. The molecule has 0 aliphatic carbocycles. The third-order valence-electron chi connectivity index (χ3n) is 3.86. The first kappa shape index (κ1) is 20.6. The van der Waals surface area contributed by atoms with Crippen LogP contribution in [-0.4, -0.2) is 62.3 Å². The summed E-state index contributed by atoms with van der Waals surface area (Å²) in [5.74, 6) is -0.335. The van der Waals surface area contributed by atoms with Crippen LogP contribution in [0.1, 0.15) is 15.9 Å². The highest BCUT2D eigenvalue weighted by Gasteiger charge is 2.36. The maximum Gasteiger partial charge on any atom is 0.280 e. The van der Waals surface area contributed by atoms with Gasteiger partial charge in [-0.25, -0.2) is 0 Å². The van der Waals surface area contributed by atoms with E-state index in [1.807, 2.05) is 0 Å². The number of carbonyl (C=O) groups is 1. The average Bonchev–Trinajstić information content (AvgIpc) is 2.70. The summed E-state index contributed by atoms with van der Waals surface area (Å²) in [4.78, 5) is 22.3. The van der Waals surface area contributed by atoms with E-state index in [2.05, 4.69) is 4.74 Å². The van der Waals surface area contributed by atoms with Crippen molar-refractivity contribution in [2.24, 2.45) is 0 Å². The maximum absolute atomic E-state index is 12.1. The minimum absolute atomic E-state index is 0.115. The van der Waals surface area contributed by atoms with Crippen LogP contribution in [0.5, 0.6) is 0 Å². The van der Waals surface area contributed by atoms with Gasteiger partial charge in [-0.1, -0.05) is 42.5 Å². The summed E-state index contributed by atoms with van der Waals surface area (Å²) in [5.41, 5.74) is 0.395.